The molecule has 0 saturated carbocycles. The van der Waals surface area contributed by atoms with E-state index in [0.29, 0.717) is 52.7 Å². The first kappa shape index (κ1) is 28.6. The summed E-state index contributed by atoms with van der Waals surface area (Å²) in [5.41, 5.74) is 1.18. The second kappa shape index (κ2) is 19.1. The molecular weight excluding hydrogens is 426 g/mol. The van der Waals surface area contributed by atoms with Crippen LogP contribution in [0.15, 0.2) is 49.1 Å². The molecule has 8 nitrogen and oxygen atoms in total. The number of rotatable bonds is 22. The highest BCUT2D eigenvalue weighted by molar-refractivity contribution is 6.12. The average molecular weight is 464 g/mol. The fourth-order valence-corrected chi connectivity index (χ4v) is 2.76. The van der Waals surface area contributed by atoms with Crippen molar-refractivity contribution in [2.45, 2.75) is 32.1 Å². The summed E-state index contributed by atoms with van der Waals surface area (Å²) in [6.07, 6.45) is 11.9. The molecule has 0 aromatic rings. The molecule has 2 amide bonds. The highest BCUT2D eigenvalue weighted by Gasteiger charge is 2.22. The molecule has 1 rings (SSSR count). The van der Waals surface area contributed by atoms with Crippen molar-refractivity contribution in [1.29, 1.82) is 0 Å². The lowest BCUT2D eigenvalue weighted by molar-refractivity contribution is -0.137. The second-order valence-electron chi connectivity index (χ2n) is 7.35. The summed E-state index contributed by atoms with van der Waals surface area (Å²) in [7, 11) is 0. The molecular formula is C25H37NO7. The Morgan fingerprint density at radius 2 is 1.30 bits per heavy atom. The molecule has 0 unspecified atom stereocenters. The Labute approximate surface area is 196 Å². The van der Waals surface area contributed by atoms with Gasteiger partial charge < -0.3 is 18.9 Å². The highest BCUT2D eigenvalue weighted by atomic mass is 16.6. The van der Waals surface area contributed by atoms with E-state index in [0.717, 1.165) is 30.6 Å². The Morgan fingerprint density at radius 3 is 1.88 bits per heavy atom. The third-order valence-electron chi connectivity index (χ3n) is 4.64. The fraction of sp³-hybridized carbons (Fsp3) is 0.560. The molecule has 1 heterocycles. The molecule has 33 heavy (non-hydrogen) atoms. The van der Waals surface area contributed by atoms with E-state index in [-0.39, 0.29) is 30.7 Å². The van der Waals surface area contributed by atoms with Crippen molar-refractivity contribution in [3.63, 3.8) is 0 Å². The van der Waals surface area contributed by atoms with Crippen LogP contribution in [0.25, 0.3) is 0 Å². The zero-order valence-electron chi connectivity index (χ0n) is 19.5. The van der Waals surface area contributed by atoms with Crippen LogP contribution in [-0.4, -0.2) is 81.9 Å². The van der Waals surface area contributed by atoms with Crippen LogP contribution in [0.2, 0.25) is 0 Å². The van der Waals surface area contributed by atoms with Crippen molar-refractivity contribution in [3.05, 3.63) is 49.1 Å². The van der Waals surface area contributed by atoms with Gasteiger partial charge >= 0.3 is 0 Å². The number of imide groups is 1. The van der Waals surface area contributed by atoms with Gasteiger partial charge in [-0.3, -0.25) is 19.3 Å². The Kier molecular flexibility index (Phi) is 16.6. The number of amides is 2. The minimum atomic E-state index is -0.308. The summed E-state index contributed by atoms with van der Waals surface area (Å²) in [6.45, 7) is 11.1. The molecule has 8 heteroatoms. The van der Waals surface area contributed by atoms with Gasteiger partial charge in [0.15, 0.2) is 5.78 Å². The van der Waals surface area contributed by atoms with Crippen molar-refractivity contribution in [3.8, 4) is 0 Å². The fourth-order valence-electron chi connectivity index (χ4n) is 2.76. The van der Waals surface area contributed by atoms with E-state index in [4.69, 9.17) is 18.9 Å². The van der Waals surface area contributed by atoms with Crippen LogP contribution in [0.1, 0.15) is 32.1 Å². The number of ketones is 1. The van der Waals surface area contributed by atoms with Crippen molar-refractivity contribution in [1.82, 2.24) is 4.90 Å². The van der Waals surface area contributed by atoms with Gasteiger partial charge in [0.2, 0.25) is 0 Å². The van der Waals surface area contributed by atoms with Crippen LogP contribution in [0.5, 0.6) is 0 Å². The summed E-state index contributed by atoms with van der Waals surface area (Å²) in [5.74, 6) is -0.562. The van der Waals surface area contributed by atoms with E-state index in [2.05, 4.69) is 13.2 Å². The van der Waals surface area contributed by atoms with E-state index in [9.17, 15) is 14.4 Å². The zero-order valence-corrected chi connectivity index (χ0v) is 19.5. The summed E-state index contributed by atoms with van der Waals surface area (Å²) < 4.78 is 21.5. The van der Waals surface area contributed by atoms with Gasteiger partial charge in [0.25, 0.3) is 11.8 Å². The normalized spacial score (nSPS) is 13.4. The Hall–Kier alpha value is -2.39. The minimum Gasteiger partial charge on any atom is -0.379 e. The zero-order chi connectivity index (χ0) is 24.2. The van der Waals surface area contributed by atoms with Crippen LogP contribution in [0, 0.1) is 0 Å². The topological polar surface area (TPSA) is 91.4 Å². The first-order valence-corrected chi connectivity index (χ1v) is 11.4. The monoisotopic (exact) mass is 463 g/mol. The maximum absolute atomic E-state index is 11.8. The number of hydrogen-bond acceptors (Lipinski definition) is 7. The summed E-state index contributed by atoms with van der Waals surface area (Å²) in [6, 6.07) is 0. The molecule has 0 radical (unpaired) electrons. The van der Waals surface area contributed by atoms with Gasteiger partial charge in [-0.15, -0.1) is 6.58 Å². The number of ether oxygens (including phenoxy) is 4. The molecule has 0 atom stereocenters. The molecule has 0 spiro atoms. The van der Waals surface area contributed by atoms with E-state index < -0.39 is 0 Å². The number of nitrogens with zero attached hydrogens (tertiary/aromatic N) is 1. The lowest BCUT2D eigenvalue weighted by Crippen LogP contribution is -2.33. The molecule has 0 saturated heterocycles. The number of hydrogen-bond donors (Lipinski definition) is 0. The van der Waals surface area contributed by atoms with Crippen LogP contribution >= 0.6 is 0 Å². The van der Waals surface area contributed by atoms with E-state index in [1.54, 1.807) is 6.08 Å². The number of allylic oxidation sites excluding steroid dienone is 4. The van der Waals surface area contributed by atoms with Crippen molar-refractivity contribution in [2.24, 2.45) is 0 Å². The van der Waals surface area contributed by atoms with Gasteiger partial charge in [0.05, 0.1) is 59.4 Å². The first-order valence-electron chi connectivity index (χ1n) is 11.4. The van der Waals surface area contributed by atoms with Gasteiger partial charge in [0, 0.05) is 18.6 Å². The Morgan fingerprint density at radius 1 is 0.788 bits per heavy atom. The smallest absolute Gasteiger partial charge is 0.253 e. The summed E-state index contributed by atoms with van der Waals surface area (Å²) >= 11 is 0. The predicted octanol–water partition coefficient (Wildman–Crippen LogP) is 2.80. The molecule has 184 valence electrons. The molecule has 0 N–H and O–H groups in total. The van der Waals surface area contributed by atoms with Crippen molar-refractivity contribution >= 4 is 17.6 Å². The van der Waals surface area contributed by atoms with Gasteiger partial charge in [-0.2, -0.15) is 0 Å². The molecule has 0 bridgehead atoms. The van der Waals surface area contributed by atoms with E-state index >= 15 is 0 Å². The lowest BCUT2D eigenvalue weighted by Gasteiger charge is -2.13. The summed E-state index contributed by atoms with van der Waals surface area (Å²) in [5, 5.41) is 0. The van der Waals surface area contributed by atoms with Gasteiger partial charge in [-0.25, -0.2) is 0 Å². The maximum atomic E-state index is 11.8. The van der Waals surface area contributed by atoms with Gasteiger partial charge in [0.1, 0.15) is 0 Å². The number of carbonyl (C=O) groups excluding carboxylic acids is 3. The third kappa shape index (κ3) is 15.1. The number of carbonyl (C=O) groups is 3. The molecule has 0 fully saturated rings. The van der Waals surface area contributed by atoms with Crippen LogP contribution in [-0.2, 0) is 33.3 Å². The van der Waals surface area contributed by atoms with Gasteiger partial charge in [-0.05, 0) is 31.8 Å². The van der Waals surface area contributed by atoms with Crippen molar-refractivity contribution in [2.75, 3.05) is 59.4 Å². The first-order chi connectivity index (χ1) is 16.0. The van der Waals surface area contributed by atoms with E-state index in [1.807, 2.05) is 12.2 Å². The molecule has 1 aliphatic rings. The minimum absolute atomic E-state index is 0.0542. The lowest BCUT2D eigenvalue weighted by atomic mass is 10.1. The third-order valence-corrected chi connectivity index (χ3v) is 4.64. The maximum Gasteiger partial charge on any atom is 0.253 e. The largest absolute Gasteiger partial charge is 0.379 e. The standard InChI is InChI=1S/C25H37NO7/c1-3-4-7-22(2)8-5-6-9-23(27)12-14-30-16-18-32-20-21-33-19-17-31-15-13-26-24(28)10-11-25(26)29/h3,6,9-11H,1-2,4-5,7-8,12-21H2/b9-6+. The Balaban J connectivity index is 1.81. The molecule has 1 aliphatic heterocycles. The average Bonchev–Trinajstić information content (AvgIpc) is 3.12. The van der Waals surface area contributed by atoms with Crippen LogP contribution < -0.4 is 0 Å². The van der Waals surface area contributed by atoms with Crippen LogP contribution in [0.3, 0.4) is 0 Å². The van der Waals surface area contributed by atoms with Crippen molar-refractivity contribution < 1.29 is 33.3 Å². The molecule has 0 aromatic carbocycles. The predicted molar refractivity (Wildman–Crippen MR) is 126 cm³/mol. The van der Waals surface area contributed by atoms with Gasteiger partial charge in [-0.1, -0.05) is 24.3 Å². The highest BCUT2D eigenvalue weighted by Crippen LogP contribution is 2.10. The second-order valence-corrected chi connectivity index (χ2v) is 7.35. The SMILES string of the molecule is C=CCCC(=C)CC/C=C/C(=O)CCOCCOCCOCCOCCN1C(=O)C=CC1=O. The molecule has 0 aromatic heterocycles. The summed E-state index contributed by atoms with van der Waals surface area (Å²) in [4.78, 5) is 35.6. The van der Waals surface area contributed by atoms with Crippen LogP contribution in [0.4, 0.5) is 0 Å². The molecule has 0 aliphatic carbocycles. The Bertz CT molecular complexity index is 666. The quantitative estimate of drug-likeness (QED) is 0.106. The van der Waals surface area contributed by atoms with E-state index in [1.165, 1.54) is 17.7 Å².